The van der Waals surface area contributed by atoms with Gasteiger partial charge in [-0.1, -0.05) is 18.2 Å². The highest BCUT2D eigenvalue weighted by Gasteiger charge is 2.10. The average molecular weight is 348 g/mol. The lowest BCUT2D eigenvalue weighted by atomic mass is 10.2. The van der Waals surface area contributed by atoms with Crippen molar-refractivity contribution in [1.29, 1.82) is 0 Å². The quantitative estimate of drug-likeness (QED) is 0.731. The number of aromatic nitrogens is 1. The van der Waals surface area contributed by atoms with E-state index < -0.39 is 10.0 Å². The molecule has 0 saturated heterocycles. The summed E-state index contributed by atoms with van der Waals surface area (Å²) in [5, 5.41) is 10.9. The molecule has 24 heavy (non-hydrogen) atoms. The van der Waals surface area contributed by atoms with Gasteiger partial charge < -0.3 is 10.6 Å². The average Bonchev–Trinajstić information content (AvgIpc) is 2.52. The van der Waals surface area contributed by atoms with Gasteiger partial charge in [0.15, 0.2) is 0 Å². The number of hydrogen-bond donors (Lipinski definition) is 3. The number of nitrogens with two attached hydrogens (primary N) is 1. The minimum absolute atomic E-state index is 0.0340. The van der Waals surface area contributed by atoms with Crippen molar-refractivity contribution >= 4 is 21.7 Å². The van der Waals surface area contributed by atoms with E-state index >= 15 is 0 Å². The minimum Gasteiger partial charge on any atom is -0.368 e. The first-order valence-corrected chi connectivity index (χ1v) is 8.94. The Hall–Kier alpha value is -2.45. The van der Waals surface area contributed by atoms with Crippen LogP contribution in [0, 0.1) is 0 Å². The third-order valence-electron chi connectivity index (χ3n) is 3.12. The molecule has 4 N–H and O–H groups in total. The van der Waals surface area contributed by atoms with Gasteiger partial charge in [-0.3, -0.25) is 4.79 Å². The SMILES string of the molecule is CC(C)Nc1cccc(C(=O)NCc2ccc(S(N)(=O)=O)cc2)n1. The van der Waals surface area contributed by atoms with Crippen LogP contribution in [0.1, 0.15) is 29.9 Å². The molecule has 1 aromatic heterocycles. The van der Waals surface area contributed by atoms with E-state index in [0.717, 1.165) is 5.56 Å². The number of carbonyl (C=O) groups excluding carboxylic acids is 1. The molecule has 1 aromatic carbocycles. The molecule has 0 radical (unpaired) electrons. The van der Waals surface area contributed by atoms with Crippen molar-refractivity contribution in [1.82, 2.24) is 10.3 Å². The number of amides is 1. The molecule has 0 fully saturated rings. The van der Waals surface area contributed by atoms with Crippen LogP contribution in [0.2, 0.25) is 0 Å². The summed E-state index contributed by atoms with van der Waals surface area (Å²) >= 11 is 0. The Kier molecular flexibility index (Phi) is 5.53. The molecule has 1 amide bonds. The van der Waals surface area contributed by atoms with Gasteiger partial charge in [-0.05, 0) is 43.7 Å². The van der Waals surface area contributed by atoms with Crippen LogP contribution in [-0.4, -0.2) is 25.4 Å². The van der Waals surface area contributed by atoms with Gasteiger partial charge in [-0.25, -0.2) is 18.5 Å². The Labute approximate surface area is 141 Å². The van der Waals surface area contributed by atoms with Crippen molar-refractivity contribution < 1.29 is 13.2 Å². The standard InChI is InChI=1S/C16H20N4O3S/c1-11(2)19-15-5-3-4-14(20-15)16(21)18-10-12-6-8-13(9-7-12)24(17,22)23/h3-9,11H,10H2,1-2H3,(H,18,21)(H,19,20)(H2,17,22,23). The van der Waals surface area contributed by atoms with E-state index in [0.29, 0.717) is 11.5 Å². The second-order valence-corrected chi connectivity index (χ2v) is 7.14. The number of sulfonamides is 1. The van der Waals surface area contributed by atoms with E-state index in [1.807, 2.05) is 13.8 Å². The predicted molar refractivity (Wildman–Crippen MR) is 92.0 cm³/mol. The van der Waals surface area contributed by atoms with E-state index in [2.05, 4.69) is 15.6 Å². The van der Waals surface area contributed by atoms with E-state index in [1.54, 1.807) is 30.3 Å². The van der Waals surface area contributed by atoms with E-state index in [9.17, 15) is 13.2 Å². The smallest absolute Gasteiger partial charge is 0.270 e. The Bertz CT molecular complexity index is 817. The molecule has 0 atom stereocenters. The molecule has 0 aliphatic carbocycles. The highest BCUT2D eigenvalue weighted by atomic mass is 32.2. The molecule has 2 aromatic rings. The summed E-state index contributed by atoms with van der Waals surface area (Å²) in [6.07, 6.45) is 0. The molecule has 0 aliphatic rings. The van der Waals surface area contributed by atoms with Gasteiger partial charge in [-0.15, -0.1) is 0 Å². The Morgan fingerprint density at radius 2 is 1.83 bits per heavy atom. The molecule has 8 heteroatoms. The molecular weight excluding hydrogens is 328 g/mol. The number of pyridine rings is 1. The zero-order valence-electron chi connectivity index (χ0n) is 13.5. The highest BCUT2D eigenvalue weighted by Crippen LogP contribution is 2.09. The fourth-order valence-electron chi connectivity index (χ4n) is 2.01. The van der Waals surface area contributed by atoms with E-state index in [4.69, 9.17) is 5.14 Å². The predicted octanol–water partition coefficient (Wildman–Crippen LogP) is 1.48. The molecule has 0 spiro atoms. The van der Waals surface area contributed by atoms with Gasteiger partial charge in [0.2, 0.25) is 10.0 Å². The van der Waals surface area contributed by atoms with Crippen LogP contribution < -0.4 is 15.8 Å². The lowest BCUT2D eigenvalue weighted by Gasteiger charge is -2.10. The normalized spacial score (nSPS) is 11.3. The van der Waals surface area contributed by atoms with Crippen molar-refractivity contribution in [2.45, 2.75) is 31.3 Å². The van der Waals surface area contributed by atoms with E-state index in [-0.39, 0.29) is 23.4 Å². The number of primary sulfonamides is 1. The third-order valence-corrected chi connectivity index (χ3v) is 4.05. The van der Waals surface area contributed by atoms with Crippen LogP contribution in [0.3, 0.4) is 0 Å². The number of nitrogens with zero attached hydrogens (tertiary/aromatic N) is 1. The fraction of sp³-hybridized carbons (Fsp3) is 0.250. The van der Waals surface area contributed by atoms with Crippen molar-refractivity contribution in [3.05, 3.63) is 53.7 Å². The van der Waals surface area contributed by atoms with Crippen LogP contribution >= 0.6 is 0 Å². The summed E-state index contributed by atoms with van der Waals surface area (Å²) < 4.78 is 22.4. The minimum atomic E-state index is -3.71. The molecule has 0 aliphatic heterocycles. The van der Waals surface area contributed by atoms with Gasteiger partial charge in [0.25, 0.3) is 5.91 Å². The van der Waals surface area contributed by atoms with Crippen LogP contribution in [0.15, 0.2) is 47.4 Å². The molecular formula is C16H20N4O3S. The van der Waals surface area contributed by atoms with Crippen molar-refractivity contribution in [2.24, 2.45) is 5.14 Å². The fourth-order valence-corrected chi connectivity index (χ4v) is 2.52. The maximum absolute atomic E-state index is 12.2. The highest BCUT2D eigenvalue weighted by molar-refractivity contribution is 7.89. The molecule has 2 rings (SSSR count). The Balaban J connectivity index is 2.00. The van der Waals surface area contributed by atoms with Crippen molar-refractivity contribution in [3.8, 4) is 0 Å². The largest absolute Gasteiger partial charge is 0.368 e. The molecule has 0 bridgehead atoms. The monoisotopic (exact) mass is 348 g/mol. The van der Waals surface area contributed by atoms with Gasteiger partial charge in [0.05, 0.1) is 4.90 Å². The van der Waals surface area contributed by atoms with E-state index in [1.165, 1.54) is 12.1 Å². The molecule has 128 valence electrons. The summed E-state index contributed by atoms with van der Waals surface area (Å²) in [6, 6.07) is 11.4. The summed E-state index contributed by atoms with van der Waals surface area (Å²) in [4.78, 5) is 16.5. The van der Waals surface area contributed by atoms with Crippen LogP contribution in [-0.2, 0) is 16.6 Å². The zero-order chi connectivity index (χ0) is 17.7. The van der Waals surface area contributed by atoms with Crippen molar-refractivity contribution in [2.75, 3.05) is 5.32 Å². The first-order chi connectivity index (χ1) is 11.3. The summed E-state index contributed by atoms with van der Waals surface area (Å²) in [6.45, 7) is 4.23. The van der Waals surface area contributed by atoms with Gasteiger partial charge in [0, 0.05) is 12.6 Å². The van der Waals surface area contributed by atoms with Crippen molar-refractivity contribution in [3.63, 3.8) is 0 Å². The number of nitrogens with one attached hydrogen (secondary N) is 2. The van der Waals surface area contributed by atoms with Gasteiger partial charge in [-0.2, -0.15) is 0 Å². The zero-order valence-corrected chi connectivity index (χ0v) is 14.3. The van der Waals surface area contributed by atoms with Crippen LogP contribution in [0.4, 0.5) is 5.82 Å². The van der Waals surface area contributed by atoms with Gasteiger partial charge >= 0.3 is 0 Å². The second kappa shape index (κ2) is 7.41. The third kappa shape index (κ3) is 5.04. The molecule has 0 saturated carbocycles. The maximum Gasteiger partial charge on any atom is 0.270 e. The van der Waals surface area contributed by atoms with Crippen LogP contribution in [0.25, 0.3) is 0 Å². The number of anilines is 1. The van der Waals surface area contributed by atoms with Gasteiger partial charge in [0.1, 0.15) is 11.5 Å². The maximum atomic E-state index is 12.2. The Morgan fingerprint density at radius 3 is 2.42 bits per heavy atom. The molecule has 1 heterocycles. The number of benzene rings is 1. The first kappa shape index (κ1) is 17.9. The lowest BCUT2D eigenvalue weighted by molar-refractivity contribution is 0.0946. The summed E-state index contributed by atoms with van der Waals surface area (Å²) in [5.41, 5.74) is 1.06. The molecule has 7 nitrogen and oxygen atoms in total. The summed E-state index contributed by atoms with van der Waals surface area (Å²) in [5.74, 6) is 0.327. The Morgan fingerprint density at radius 1 is 1.17 bits per heavy atom. The van der Waals surface area contributed by atoms with Crippen LogP contribution in [0.5, 0.6) is 0 Å². The first-order valence-electron chi connectivity index (χ1n) is 7.39. The summed E-state index contributed by atoms with van der Waals surface area (Å²) in [7, 11) is -3.71. The number of hydrogen-bond acceptors (Lipinski definition) is 5. The topological polar surface area (TPSA) is 114 Å². The second-order valence-electron chi connectivity index (χ2n) is 5.58. The number of carbonyl (C=O) groups is 1. The molecule has 0 unspecified atom stereocenters. The lowest BCUT2D eigenvalue weighted by Crippen LogP contribution is -2.24. The number of rotatable bonds is 6.